The van der Waals surface area contributed by atoms with Gasteiger partial charge in [-0.3, -0.25) is 4.79 Å². The summed E-state index contributed by atoms with van der Waals surface area (Å²) in [6.07, 6.45) is 14.7. The van der Waals surface area contributed by atoms with Crippen LogP contribution in [0.4, 0.5) is 0 Å². The number of aldehydes is 1. The molecule has 1 rings (SSSR count). The van der Waals surface area contributed by atoms with Gasteiger partial charge in [0.05, 0.1) is 6.10 Å². The molecule has 0 radical (unpaired) electrons. The van der Waals surface area contributed by atoms with Gasteiger partial charge in [0.15, 0.2) is 0 Å². The van der Waals surface area contributed by atoms with Crippen LogP contribution < -0.4 is 0 Å². The van der Waals surface area contributed by atoms with Crippen molar-refractivity contribution in [3.05, 3.63) is 58.2 Å². The Balaban J connectivity index is 2.42. The molecule has 1 heterocycles. The average Bonchev–Trinajstić information content (AvgIpc) is 3.10. The molecule has 0 aromatic rings. The number of rotatable bonds is 14. The molecule has 5 nitrogen and oxygen atoms in total. The molecule has 5 heteroatoms. The maximum absolute atomic E-state index is 11.4. The second-order valence-corrected chi connectivity index (χ2v) is 8.30. The molecule has 0 fully saturated rings. The van der Waals surface area contributed by atoms with Crippen molar-refractivity contribution >= 4 is 12.3 Å². The fourth-order valence-corrected chi connectivity index (χ4v) is 3.28. The highest BCUT2D eigenvalue weighted by Gasteiger charge is 2.30. The molecule has 0 saturated carbocycles. The Kier molecular flexibility index (Phi) is 12.7. The highest BCUT2D eigenvalue weighted by Crippen LogP contribution is 2.22. The standard InChI is InChI=1S/C26H38O5/c1-19(2)9-6-10-20(3)11-7-12-21(4)13-8-14-22(18-27)15-16-24(28)23-17-25(29)31-26(23)30-5/h9,11,13,15,17-18,24,26,28H,6-8,10,12,14,16H2,1-5H3/b20-11+,21-13+,22-15+/t24-,26+/m1/s1. The van der Waals surface area contributed by atoms with E-state index in [0.717, 1.165) is 38.4 Å². The number of carbonyl (C=O) groups excluding carboxylic acids is 2. The molecule has 0 spiro atoms. The predicted octanol–water partition coefficient (Wildman–Crippen LogP) is 5.52. The molecular weight excluding hydrogens is 392 g/mol. The van der Waals surface area contributed by atoms with Crippen LogP contribution in [-0.4, -0.2) is 36.9 Å². The van der Waals surface area contributed by atoms with Crippen LogP contribution in [0.25, 0.3) is 0 Å². The van der Waals surface area contributed by atoms with E-state index in [0.29, 0.717) is 17.6 Å². The van der Waals surface area contributed by atoms with E-state index in [1.807, 2.05) is 0 Å². The maximum Gasteiger partial charge on any atom is 0.333 e. The summed E-state index contributed by atoms with van der Waals surface area (Å²) in [5, 5.41) is 10.3. The number of ether oxygens (including phenoxy) is 2. The molecule has 0 unspecified atom stereocenters. The number of aliphatic hydroxyl groups excluding tert-OH is 1. The van der Waals surface area contributed by atoms with Crippen molar-refractivity contribution in [1.29, 1.82) is 0 Å². The third-order valence-corrected chi connectivity index (χ3v) is 5.18. The van der Waals surface area contributed by atoms with Gasteiger partial charge >= 0.3 is 5.97 Å². The summed E-state index contributed by atoms with van der Waals surface area (Å²) >= 11 is 0. The van der Waals surface area contributed by atoms with E-state index in [1.165, 1.54) is 29.9 Å². The van der Waals surface area contributed by atoms with Crippen molar-refractivity contribution in [2.45, 2.75) is 85.0 Å². The number of aliphatic hydroxyl groups is 1. The van der Waals surface area contributed by atoms with E-state index in [2.05, 4.69) is 45.9 Å². The highest BCUT2D eigenvalue weighted by atomic mass is 16.7. The molecular formula is C26H38O5. The van der Waals surface area contributed by atoms with E-state index >= 15 is 0 Å². The minimum absolute atomic E-state index is 0.232. The van der Waals surface area contributed by atoms with Crippen LogP contribution >= 0.6 is 0 Å². The predicted molar refractivity (Wildman–Crippen MR) is 124 cm³/mol. The first-order chi connectivity index (χ1) is 14.8. The second kappa shape index (κ2) is 14.7. The summed E-state index contributed by atoms with van der Waals surface area (Å²) in [6, 6.07) is 0. The zero-order chi connectivity index (χ0) is 23.2. The van der Waals surface area contributed by atoms with Crippen molar-refractivity contribution in [2.24, 2.45) is 0 Å². The number of esters is 1. The molecule has 0 amide bonds. The number of hydrogen-bond donors (Lipinski definition) is 1. The molecule has 1 N–H and O–H groups in total. The Morgan fingerprint density at radius 1 is 1.03 bits per heavy atom. The van der Waals surface area contributed by atoms with Crippen molar-refractivity contribution in [2.75, 3.05) is 7.11 Å². The van der Waals surface area contributed by atoms with Gasteiger partial charge in [-0.15, -0.1) is 0 Å². The van der Waals surface area contributed by atoms with Gasteiger partial charge < -0.3 is 14.6 Å². The Labute approximate surface area is 187 Å². The molecule has 0 aliphatic carbocycles. The number of carbonyl (C=O) groups is 2. The average molecular weight is 431 g/mol. The first-order valence-electron chi connectivity index (χ1n) is 11.0. The largest absolute Gasteiger partial charge is 0.428 e. The quantitative estimate of drug-likeness (QED) is 0.170. The lowest BCUT2D eigenvalue weighted by Crippen LogP contribution is -2.22. The highest BCUT2D eigenvalue weighted by molar-refractivity contribution is 5.85. The van der Waals surface area contributed by atoms with E-state index in [4.69, 9.17) is 9.47 Å². The summed E-state index contributed by atoms with van der Waals surface area (Å²) < 4.78 is 9.97. The van der Waals surface area contributed by atoms with Gasteiger partial charge in [-0.2, -0.15) is 0 Å². The molecule has 0 aromatic carbocycles. The summed E-state index contributed by atoms with van der Waals surface area (Å²) in [4.78, 5) is 22.7. The van der Waals surface area contributed by atoms with E-state index < -0.39 is 18.4 Å². The first kappa shape index (κ1) is 26.8. The molecule has 0 saturated heterocycles. The third-order valence-electron chi connectivity index (χ3n) is 5.18. The fourth-order valence-electron chi connectivity index (χ4n) is 3.28. The van der Waals surface area contributed by atoms with Crippen LogP contribution in [0.1, 0.15) is 72.6 Å². The SMILES string of the molecule is CO[C@H]1OC(=O)C=C1[C@H](O)C/C=C(/C=O)CC/C=C(\C)CC/C=C(\C)CCC=C(C)C. The first-order valence-corrected chi connectivity index (χ1v) is 11.0. The van der Waals surface area contributed by atoms with Crippen LogP contribution in [0.15, 0.2) is 58.2 Å². The Morgan fingerprint density at radius 3 is 2.16 bits per heavy atom. The molecule has 0 bridgehead atoms. The lowest BCUT2D eigenvalue weighted by Gasteiger charge is -2.16. The van der Waals surface area contributed by atoms with Crippen molar-refractivity contribution in [1.82, 2.24) is 0 Å². The smallest absolute Gasteiger partial charge is 0.333 e. The number of cyclic esters (lactones) is 1. The van der Waals surface area contributed by atoms with Crippen LogP contribution in [-0.2, 0) is 19.1 Å². The van der Waals surface area contributed by atoms with Crippen LogP contribution in [0.3, 0.4) is 0 Å². The molecule has 1 aliphatic rings. The summed E-state index contributed by atoms with van der Waals surface area (Å²) in [5.74, 6) is -0.529. The normalized spacial score (nSPS) is 18.5. The summed E-state index contributed by atoms with van der Waals surface area (Å²) in [7, 11) is 1.41. The third kappa shape index (κ3) is 11.1. The van der Waals surface area contributed by atoms with Gasteiger partial charge in [0.1, 0.15) is 6.29 Å². The zero-order valence-electron chi connectivity index (χ0n) is 19.6. The Bertz CT molecular complexity index is 748. The second-order valence-electron chi connectivity index (χ2n) is 8.30. The lowest BCUT2D eigenvalue weighted by molar-refractivity contribution is -0.156. The van der Waals surface area contributed by atoms with Crippen LogP contribution in [0.5, 0.6) is 0 Å². The summed E-state index contributed by atoms with van der Waals surface area (Å²) in [6.45, 7) is 8.56. The van der Waals surface area contributed by atoms with Gasteiger partial charge in [-0.1, -0.05) is 41.0 Å². The van der Waals surface area contributed by atoms with Gasteiger partial charge in [-0.05, 0) is 78.2 Å². The number of hydrogen-bond acceptors (Lipinski definition) is 5. The molecule has 2 atom stereocenters. The zero-order valence-corrected chi connectivity index (χ0v) is 19.6. The van der Waals surface area contributed by atoms with Gasteiger partial charge in [0, 0.05) is 18.8 Å². The molecule has 31 heavy (non-hydrogen) atoms. The number of allylic oxidation sites excluding steroid dienone is 7. The minimum atomic E-state index is -0.921. The van der Waals surface area contributed by atoms with E-state index in [1.54, 1.807) is 6.08 Å². The minimum Gasteiger partial charge on any atom is -0.428 e. The van der Waals surface area contributed by atoms with Gasteiger partial charge in [0.25, 0.3) is 0 Å². The van der Waals surface area contributed by atoms with E-state index in [9.17, 15) is 14.7 Å². The molecule has 172 valence electrons. The van der Waals surface area contributed by atoms with Crippen LogP contribution in [0, 0.1) is 0 Å². The monoisotopic (exact) mass is 430 g/mol. The van der Waals surface area contributed by atoms with E-state index in [-0.39, 0.29) is 6.42 Å². The Hall–Kier alpha value is -2.24. The van der Waals surface area contributed by atoms with Crippen molar-refractivity contribution < 1.29 is 24.2 Å². The topological polar surface area (TPSA) is 72.8 Å². The van der Waals surface area contributed by atoms with Crippen LogP contribution in [0.2, 0.25) is 0 Å². The maximum atomic E-state index is 11.4. The number of methoxy groups -OCH3 is 1. The van der Waals surface area contributed by atoms with Gasteiger partial charge in [-0.25, -0.2) is 4.79 Å². The van der Waals surface area contributed by atoms with Gasteiger partial charge in [0.2, 0.25) is 6.29 Å². The van der Waals surface area contributed by atoms with Crippen molar-refractivity contribution in [3.8, 4) is 0 Å². The Morgan fingerprint density at radius 2 is 1.61 bits per heavy atom. The summed E-state index contributed by atoms with van der Waals surface area (Å²) in [5.41, 5.74) is 5.12. The lowest BCUT2D eigenvalue weighted by atomic mass is 10.0. The van der Waals surface area contributed by atoms with Crippen molar-refractivity contribution in [3.63, 3.8) is 0 Å². The molecule has 1 aliphatic heterocycles. The molecule has 0 aromatic heterocycles. The fraction of sp³-hybridized carbons (Fsp3) is 0.538.